The number of nitrogens with one attached hydrogen (secondary N) is 1. The van der Waals surface area contributed by atoms with E-state index in [1.807, 2.05) is 0 Å². The second-order valence-electron chi connectivity index (χ2n) is 4.96. The third-order valence-electron chi connectivity index (χ3n) is 3.78. The van der Waals surface area contributed by atoms with Gasteiger partial charge in [0.15, 0.2) is 0 Å². The Hall–Kier alpha value is -0.770. The minimum absolute atomic E-state index is 0.0310. The van der Waals surface area contributed by atoms with Gasteiger partial charge in [-0.2, -0.15) is 0 Å². The molecule has 1 unspecified atom stereocenters. The highest BCUT2D eigenvalue weighted by atomic mass is 16.3. The highest BCUT2D eigenvalue weighted by Gasteiger charge is 2.29. The lowest BCUT2D eigenvalue weighted by molar-refractivity contribution is 0.152. The van der Waals surface area contributed by atoms with Crippen LogP contribution in [0.15, 0.2) is 0 Å². The Bertz CT molecular complexity index is 239. The van der Waals surface area contributed by atoms with Crippen molar-refractivity contribution in [1.29, 1.82) is 0 Å². The van der Waals surface area contributed by atoms with Gasteiger partial charge in [0.1, 0.15) is 0 Å². The largest absolute Gasteiger partial charge is 0.394 e. The lowest BCUT2D eigenvalue weighted by atomic mass is 9.96. The zero-order valence-electron chi connectivity index (χ0n) is 9.82. The van der Waals surface area contributed by atoms with Crippen molar-refractivity contribution >= 4 is 6.03 Å². The van der Waals surface area contributed by atoms with Gasteiger partial charge in [-0.05, 0) is 25.7 Å². The van der Waals surface area contributed by atoms with Gasteiger partial charge in [0.2, 0.25) is 0 Å². The van der Waals surface area contributed by atoms with Crippen LogP contribution in [0, 0.1) is 0 Å². The van der Waals surface area contributed by atoms with Crippen molar-refractivity contribution in [3.05, 3.63) is 0 Å². The number of carbonyl (C=O) groups is 1. The Balaban J connectivity index is 1.82. The minimum Gasteiger partial charge on any atom is -0.394 e. The molecular weight excluding hydrogens is 204 g/mol. The van der Waals surface area contributed by atoms with E-state index in [-0.39, 0.29) is 18.7 Å². The quantitative estimate of drug-likeness (QED) is 0.749. The number of hydrogen-bond acceptors (Lipinski definition) is 2. The molecule has 1 aliphatic carbocycles. The van der Waals surface area contributed by atoms with Gasteiger partial charge in [-0.25, -0.2) is 4.79 Å². The first-order valence-corrected chi connectivity index (χ1v) is 6.49. The van der Waals surface area contributed by atoms with E-state index in [2.05, 4.69) is 5.32 Å². The summed E-state index contributed by atoms with van der Waals surface area (Å²) < 4.78 is 0. The lowest BCUT2D eigenvalue weighted by Gasteiger charge is -2.28. The zero-order chi connectivity index (χ0) is 11.4. The number of aliphatic hydroxyl groups is 1. The smallest absolute Gasteiger partial charge is 0.317 e. The molecule has 1 heterocycles. The molecule has 0 bridgehead atoms. The first-order valence-electron chi connectivity index (χ1n) is 6.49. The summed E-state index contributed by atoms with van der Waals surface area (Å²) in [6.45, 7) is 0.891. The first kappa shape index (κ1) is 11.7. The third kappa shape index (κ3) is 2.67. The molecule has 4 nitrogen and oxygen atoms in total. The van der Waals surface area contributed by atoms with Crippen molar-refractivity contribution in [2.75, 3.05) is 13.2 Å². The topological polar surface area (TPSA) is 52.6 Å². The Morgan fingerprint density at radius 2 is 1.94 bits per heavy atom. The molecule has 16 heavy (non-hydrogen) atoms. The minimum atomic E-state index is 0.0310. The van der Waals surface area contributed by atoms with Gasteiger partial charge < -0.3 is 15.3 Å². The van der Waals surface area contributed by atoms with Gasteiger partial charge in [0, 0.05) is 12.6 Å². The molecule has 1 atom stereocenters. The summed E-state index contributed by atoms with van der Waals surface area (Å²) in [6.07, 6.45) is 7.95. The van der Waals surface area contributed by atoms with Crippen LogP contribution in [-0.4, -0.2) is 41.3 Å². The predicted molar refractivity (Wildman–Crippen MR) is 62.2 cm³/mol. The highest BCUT2D eigenvalue weighted by molar-refractivity contribution is 5.75. The molecule has 2 amide bonds. The van der Waals surface area contributed by atoms with Crippen LogP contribution in [-0.2, 0) is 0 Å². The van der Waals surface area contributed by atoms with Crippen molar-refractivity contribution < 1.29 is 9.90 Å². The number of carbonyl (C=O) groups excluding carboxylic acids is 1. The number of nitrogens with zero attached hydrogens (tertiary/aromatic N) is 1. The van der Waals surface area contributed by atoms with Crippen molar-refractivity contribution in [2.24, 2.45) is 0 Å². The van der Waals surface area contributed by atoms with Crippen molar-refractivity contribution in [1.82, 2.24) is 10.2 Å². The molecule has 2 N–H and O–H groups in total. The second-order valence-corrected chi connectivity index (χ2v) is 4.96. The number of likely N-dealkylation sites (tertiary alicyclic amines) is 1. The Labute approximate surface area is 97.0 Å². The molecule has 2 rings (SSSR count). The summed E-state index contributed by atoms with van der Waals surface area (Å²) in [5.74, 6) is 0. The maximum Gasteiger partial charge on any atom is 0.317 e. The average Bonchev–Trinajstić information content (AvgIpc) is 2.78. The molecule has 2 aliphatic rings. The number of rotatable bonds is 2. The van der Waals surface area contributed by atoms with E-state index in [0.717, 1.165) is 32.2 Å². The monoisotopic (exact) mass is 226 g/mol. The molecule has 0 aromatic carbocycles. The molecule has 0 radical (unpaired) electrons. The van der Waals surface area contributed by atoms with E-state index >= 15 is 0 Å². The van der Waals surface area contributed by atoms with E-state index in [1.54, 1.807) is 4.90 Å². The standard InChI is InChI=1S/C12H22N2O2/c15-9-11-7-4-8-14(11)12(16)13-10-5-2-1-3-6-10/h10-11,15H,1-9H2,(H,13,16). The van der Waals surface area contributed by atoms with E-state index in [1.165, 1.54) is 19.3 Å². The summed E-state index contributed by atoms with van der Waals surface area (Å²) in [7, 11) is 0. The van der Waals surface area contributed by atoms with Crippen LogP contribution in [0.5, 0.6) is 0 Å². The van der Waals surface area contributed by atoms with Crippen LogP contribution in [0.4, 0.5) is 4.79 Å². The van der Waals surface area contributed by atoms with Gasteiger partial charge >= 0.3 is 6.03 Å². The van der Waals surface area contributed by atoms with Gasteiger partial charge in [-0.1, -0.05) is 19.3 Å². The second kappa shape index (κ2) is 5.53. The number of hydrogen-bond donors (Lipinski definition) is 2. The summed E-state index contributed by atoms with van der Waals surface area (Å²) in [5, 5.41) is 12.3. The Morgan fingerprint density at radius 1 is 1.19 bits per heavy atom. The van der Waals surface area contributed by atoms with Crippen LogP contribution < -0.4 is 5.32 Å². The molecule has 92 valence electrons. The summed E-state index contributed by atoms with van der Waals surface area (Å²) in [5.41, 5.74) is 0. The molecule has 1 aliphatic heterocycles. The third-order valence-corrected chi connectivity index (χ3v) is 3.78. The maximum atomic E-state index is 12.0. The Kier molecular flexibility index (Phi) is 4.04. The Morgan fingerprint density at radius 3 is 2.62 bits per heavy atom. The van der Waals surface area contributed by atoms with E-state index in [0.29, 0.717) is 6.04 Å². The van der Waals surface area contributed by atoms with Gasteiger partial charge in [-0.15, -0.1) is 0 Å². The molecular formula is C12H22N2O2. The average molecular weight is 226 g/mol. The highest BCUT2D eigenvalue weighted by Crippen LogP contribution is 2.20. The molecule has 0 aromatic heterocycles. The van der Waals surface area contributed by atoms with Crippen LogP contribution >= 0.6 is 0 Å². The van der Waals surface area contributed by atoms with Crippen LogP contribution in [0.3, 0.4) is 0 Å². The van der Waals surface area contributed by atoms with Gasteiger partial charge in [0.25, 0.3) is 0 Å². The zero-order valence-corrected chi connectivity index (χ0v) is 9.82. The molecule has 0 spiro atoms. The molecule has 0 aromatic rings. The molecule has 1 saturated heterocycles. The molecule has 1 saturated carbocycles. The van der Waals surface area contributed by atoms with Crippen molar-refractivity contribution in [3.8, 4) is 0 Å². The molecule has 2 fully saturated rings. The van der Waals surface area contributed by atoms with Crippen LogP contribution in [0.2, 0.25) is 0 Å². The fraction of sp³-hybridized carbons (Fsp3) is 0.917. The van der Waals surface area contributed by atoms with E-state index in [4.69, 9.17) is 5.11 Å². The van der Waals surface area contributed by atoms with Gasteiger partial charge in [0.05, 0.1) is 12.6 Å². The van der Waals surface area contributed by atoms with Gasteiger partial charge in [-0.3, -0.25) is 0 Å². The number of urea groups is 1. The summed E-state index contributed by atoms with van der Waals surface area (Å²) >= 11 is 0. The lowest BCUT2D eigenvalue weighted by Crippen LogP contribution is -2.48. The van der Waals surface area contributed by atoms with Crippen LogP contribution in [0.25, 0.3) is 0 Å². The van der Waals surface area contributed by atoms with Crippen LogP contribution in [0.1, 0.15) is 44.9 Å². The fourth-order valence-corrected chi connectivity index (χ4v) is 2.80. The number of aliphatic hydroxyl groups excluding tert-OH is 1. The first-order chi connectivity index (χ1) is 7.81. The normalized spacial score (nSPS) is 27.1. The number of amides is 2. The summed E-state index contributed by atoms with van der Waals surface area (Å²) in [6, 6.07) is 0.438. The molecule has 4 heteroatoms. The SMILES string of the molecule is O=C(NC1CCCCC1)N1CCCC1CO. The fourth-order valence-electron chi connectivity index (χ4n) is 2.80. The maximum absolute atomic E-state index is 12.0. The van der Waals surface area contributed by atoms with Crippen molar-refractivity contribution in [2.45, 2.75) is 57.0 Å². The van der Waals surface area contributed by atoms with E-state index in [9.17, 15) is 4.79 Å². The summed E-state index contributed by atoms with van der Waals surface area (Å²) in [4.78, 5) is 13.8. The predicted octanol–water partition coefficient (Wildman–Crippen LogP) is 1.49. The van der Waals surface area contributed by atoms with Crippen molar-refractivity contribution in [3.63, 3.8) is 0 Å². The van der Waals surface area contributed by atoms with E-state index < -0.39 is 0 Å².